The molecule has 0 aliphatic heterocycles. The molecule has 0 radical (unpaired) electrons. The summed E-state index contributed by atoms with van der Waals surface area (Å²) in [6, 6.07) is 1.73. The van der Waals surface area contributed by atoms with Crippen LogP contribution in [0.25, 0.3) is 0 Å². The predicted octanol–water partition coefficient (Wildman–Crippen LogP) is 1.09. The molecule has 0 aliphatic rings. The first-order chi connectivity index (χ1) is 8.02. The molecular formula is C12H18N2O3. The first-order valence-electron chi connectivity index (χ1n) is 5.62. The van der Waals surface area contributed by atoms with Crippen molar-refractivity contribution in [1.82, 2.24) is 10.6 Å². The monoisotopic (exact) mass is 238 g/mol. The Kier molecular flexibility index (Phi) is 4.75. The van der Waals surface area contributed by atoms with Crippen molar-refractivity contribution >= 4 is 11.8 Å². The molecule has 0 aromatic carbocycles. The van der Waals surface area contributed by atoms with Crippen LogP contribution in [0.4, 0.5) is 0 Å². The lowest BCUT2D eigenvalue weighted by Crippen LogP contribution is -2.36. The maximum atomic E-state index is 11.6. The van der Waals surface area contributed by atoms with E-state index in [-0.39, 0.29) is 17.7 Å². The third kappa shape index (κ3) is 3.94. The Morgan fingerprint density at radius 1 is 1.29 bits per heavy atom. The Morgan fingerprint density at radius 2 is 1.94 bits per heavy atom. The van der Waals surface area contributed by atoms with E-state index in [1.807, 2.05) is 13.8 Å². The van der Waals surface area contributed by atoms with Gasteiger partial charge in [-0.3, -0.25) is 9.59 Å². The van der Waals surface area contributed by atoms with Crippen LogP contribution in [0.15, 0.2) is 16.7 Å². The van der Waals surface area contributed by atoms with Crippen molar-refractivity contribution in [1.29, 1.82) is 0 Å². The fraction of sp³-hybridized carbons (Fsp3) is 0.500. The molecule has 0 bridgehead atoms. The van der Waals surface area contributed by atoms with Crippen LogP contribution in [0.2, 0.25) is 0 Å². The molecule has 0 unspecified atom stereocenters. The molecule has 0 saturated carbocycles. The largest absolute Gasteiger partial charge is 0.459 e. The third-order valence-corrected chi connectivity index (χ3v) is 2.30. The van der Waals surface area contributed by atoms with Crippen LogP contribution >= 0.6 is 0 Å². The molecule has 0 aliphatic carbocycles. The van der Waals surface area contributed by atoms with Gasteiger partial charge in [0.2, 0.25) is 5.91 Å². The lowest BCUT2D eigenvalue weighted by atomic mass is 10.2. The Bertz CT molecular complexity index is 396. The van der Waals surface area contributed by atoms with Crippen LogP contribution in [-0.4, -0.2) is 24.9 Å². The number of nitrogens with one attached hydrogen (secondary N) is 2. The first-order valence-corrected chi connectivity index (χ1v) is 5.62. The number of aryl methyl sites for hydroxylation is 1. The molecule has 1 heterocycles. The standard InChI is InChI=1S/C12H18N2O3/c1-8(2)11(15)13-5-6-14-12(16)10-9(3)4-7-17-10/h4,7-8H,5-6H2,1-3H3,(H,13,15)(H,14,16). The van der Waals surface area contributed by atoms with E-state index in [0.29, 0.717) is 18.8 Å². The van der Waals surface area contributed by atoms with E-state index in [2.05, 4.69) is 10.6 Å². The Balaban J connectivity index is 2.26. The highest BCUT2D eigenvalue weighted by Crippen LogP contribution is 2.07. The van der Waals surface area contributed by atoms with Crippen LogP contribution in [0.3, 0.4) is 0 Å². The van der Waals surface area contributed by atoms with Gasteiger partial charge in [-0.05, 0) is 13.0 Å². The lowest BCUT2D eigenvalue weighted by molar-refractivity contribution is -0.123. The van der Waals surface area contributed by atoms with Gasteiger partial charge in [0.25, 0.3) is 5.91 Å². The summed E-state index contributed by atoms with van der Waals surface area (Å²) in [5, 5.41) is 5.39. The van der Waals surface area contributed by atoms with Gasteiger partial charge in [-0.15, -0.1) is 0 Å². The van der Waals surface area contributed by atoms with Crippen LogP contribution < -0.4 is 10.6 Å². The van der Waals surface area contributed by atoms with Crippen LogP contribution in [0.5, 0.6) is 0 Å². The van der Waals surface area contributed by atoms with Crippen molar-refractivity contribution < 1.29 is 14.0 Å². The minimum atomic E-state index is -0.258. The van der Waals surface area contributed by atoms with Gasteiger partial charge in [-0.25, -0.2) is 0 Å². The number of amides is 2. The Hall–Kier alpha value is -1.78. The SMILES string of the molecule is Cc1ccoc1C(=O)NCCNC(=O)C(C)C. The van der Waals surface area contributed by atoms with Crippen LogP contribution in [0, 0.1) is 12.8 Å². The summed E-state index contributed by atoms with van der Waals surface area (Å²) in [5.41, 5.74) is 0.800. The fourth-order valence-electron chi connectivity index (χ4n) is 1.25. The highest BCUT2D eigenvalue weighted by atomic mass is 16.3. The van der Waals surface area contributed by atoms with Crippen LogP contribution in [-0.2, 0) is 4.79 Å². The molecule has 0 atom stereocenters. The smallest absolute Gasteiger partial charge is 0.287 e. The van der Waals surface area contributed by atoms with E-state index < -0.39 is 0 Å². The molecular weight excluding hydrogens is 220 g/mol. The highest BCUT2D eigenvalue weighted by molar-refractivity contribution is 5.92. The van der Waals surface area contributed by atoms with Crippen molar-refractivity contribution in [2.45, 2.75) is 20.8 Å². The summed E-state index contributed by atoms with van der Waals surface area (Å²) in [4.78, 5) is 22.8. The molecule has 1 aromatic heterocycles. The quantitative estimate of drug-likeness (QED) is 0.754. The summed E-state index contributed by atoms with van der Waals surface area (Å²) < 4.78 is 5.04. The number of hydrogen-bond acceptors (Lipinski definition) is 3. The van der Waals surface area contributed by atoms with Crippen LogP contribution in [0.1, 0.15) is 30.0 Å². The summed E-state index contributed by atoms with van der Waals surface area (Å²) in [7, 11) is 0. The van der Waals surface area contributed by atoms with Gasteiger partial charge in [0.15, 0.2) is 5.76 Å². The molecule has 5 nitrogen and oxygen atoms in total. The van der Waals surface area contributed by atoms with E-state index in [1.54, 1.807) is 13.0 Å². The zero-order valence-electron chi connectivity index (χ0n) is 10.4. The summed E-state index contributed by atoms with van der Waals surface area (Å²) >= 11 is 0. The summed E-state index contributed by atoms with van der Waals surface area (Å²) in [6.45, 7) is 6.25. The van der Waals surface area contributed by atoms with E-state index in [0.717, 1.165) is 5.56 Å². The molecule has 1 rings (SSSR count). The molecule has 5 heteroatoms. The van der Waals surface area contributed by atoms with E-state index in [1.165, 1.54) is 6.26 Å². The van der Waals surface area contributed by atoms with Gasteiger partial charge in [-0.2, -0.15) is 0 Å². The fourth-order valence-corrected chi connectivity index (χ4v) is 1.25. The van der Waals surface area contributed by atoms with Gasteiger partial charge in [0.1, 0.15) is 0 Å². The topological polar surface area (TPSA) is 71.3 Å². The Morgan fingerprint density at radius 3 is 2.47 bits per heavy atom. The van der Waals surface area contributed by atoms with Gasteiger partial charge >= 0.3 is 0 Å². The molecule has 0 saturated heterocycles. The van der Waals surface area contributed by atoms with Crippen molar-refractivity contribution in [3.8, 4) is 0 Å². The maximum Gasteiger partial charge on any atom is 0.287 e. The molecule has 0 fully saturated rings. The van der Waals surface area contributed by atoms with Gasteiger partial charge < -0.3 is 15.1 Å². The molecule has 2 N–H and O–H groups in total. The number of furan rings is 1. The van der Waals surface area contributed by atoms with E-state index >= 15 is 0 Å². The zero-order valence-corrected chi connectivity index (χ0v) is 10.4. The number of carbonyl (C=O) groups excluding carboxylic acids is 2. The van der Waals surface area contributed by atoms with Crippen molar-refractivity contribution in [3.63, 3.8) is 0 Å². The number of rotatable bonds is 5. The second-order valence-corrected chi connectivity index (χ2v) is 4.13. The average molecular weight is 238 g/mol. The molecule has 17 heavy (non-hydrogen) atoms. The summed E-state index contributed by atoms with van der Waals surface area (Å²) in [5.74, 6) is -0.00192. The Labute approximate surface area is 101 Å². The summed E-state index contributed by atoms with van der Waals surface area (Å²) in [6.07, 6.45) is 1.48. The zero-order chi connectivity index (χ0) is 12.8. The third-order valence-electron chi connectivity index (χ3n) is 2.30. The second-order valence-electron chi connectivity index (χ2n) is 4.13. The first kappa shape index (κ1) is 13.3. The van der Waals surface area contributed by atoms with Crippen molar-refractivity contribution in [3.05, 3.63) is 23.7 Å². The van der Waals surface area contributed by atoms with E-state index in [4.69, 9.17) is 4.42 Å². The van der Waals surface area contributed by atoms with Crippen molar-refractivity contribution in [2.24, 2.45) is 5.92 Å². The maximum absolute atomic E-state index is 11.6. The van der Waals surface area contributed by atoms with E-state index in [9.17, 15) is 9.59 Å². The lowest BCUT2D eigenvalue weighted by Gasteiger charge is -2.08. The molecule has 2 amide bonds. The minimum Gasteiger partial charge on any atom is -0.459 e. The molecule has 0 spiro atoms. The average Bonchev–Trinajstić information content (AvgIpc) is 2.70. The minimum absolute atomic E-state index is 0.0200. The second kappa shape index (κ2) is 6.08. The van der Waals surface area contributed by atoms with Gasteiger partial charge in [0.05, 0.1) is 6.26 Å². The number of carbonyl (C=O) groups is 2. The van der Waals surface area contributed by atoms with Gasteiger partial charge in [-0.1, -0.05) is 13.8 Å². The number of hydrogen-bond donors (Lipinski definition) is 2. The molecule has 94 valence electrons. The normalized spacial score (nSPS) is 10.4. The molecule has 1 aromatic rings. The van der Waals surface area contributed by atoms with Gasteiger partial charge in [0, 0.05) is 24.6 Å². The van der Waals surface area contributed by atoms with Crippen molar-refractivity contribution in [2.75, 3.05) is 13.1 Å². The predicted molar refractivity (Wildman–Crippen MR) is 63.6 cm³/mol. The highest BCUT2D eigenvalue weighted by Gasteiger charge is 2.11.